The average molecular weight is 623 g/mol. The molecule has 1 aliphatic heterocycles. The van der Waals surface area contributed by atoms with Crippen LogP contribution >= 0.6 is 0 Å². The molecule has 1 aliphatic rings. The molecule has 1 atom stereocenters. The van der Waals surface area contributed by atoms with E-state index in [4.69, 9.17) is 4.74 Å². The van der Waals surface area contributed by atoms with Crippen LogP contribution in [0, 0.1) is 13.8 Å². The van der Waals surface area contributed by atoms with Crippen LogP contribution < -0.4 is 0 Å². The Morgan fingerprint density at radius 2 is 1.63 bits per heavy atom. The number of carbonyl (C=O) groups excluding carboxylic acids is 1. The summed E-state index contributed by atoms with van der Waals surface area (Å²) in [5.74, 6) is -0.0876. The normalized spacial score (nSPS) is 16.9. The highest BCUT2D eigenvalue weighted by Gasteiger charge is 2.34. The molecule has 1 unspecified atom stereocenters. The van der Waals surface area contributed by atoms with E-state index in [0.29, 0.717) is 13.2 Å². The van der Waals surface area contributed by atoms with Crippen molar-refractivity contribution in [3.63, 3.8) is 0 Å². The lowest BCUT2D eigenvalue weighted by Crippen LogP contribution is -2.49. The Labute approximate surface area is 278 Å². The Bertz CT molecular complexity index is 1510. The first-order valence-corrected chi connectivity index (χ1v) is 17.5. The molecule has 0 saturated heterocycles. The number of nitrogens with zero attached hydrogens (tertiary/aromatic N) is 3. The molecule has 1 aromatic carbocycles. The first-order valence-electron chi connectivity index (χ1n) is 17.5. The molecule has 0 fully saturated rings. The molecule has 0 N–H and O–H groups in total. The van der Waals surface area contributed by atoms with Crippen molar-refractivity contribution in [1.29, 1.82) is 0 Å². The van der Waals surface area contributed by atoms with Gasteiger partial charge < -0.3 is 9.30 Å². The highest BCUT2D eigenvalue weighted by atomic mass is 16.5. The van der Waals surface area contributed by atoms with Crippen molar-refractivity contribution >= 4 is 16.9 Å². The molecular weight excluding hydrogens is 566 g/mol. The smallest absolute Gasteiger partial charge is 0.310 e. The fraction of sp³-hybridized carbons (Fsp3) is 0.463. The lowest BCUT2D eigenvalue weighted by Gasteiger charge is -2.37. The van der Waals surface area contributed by atoms with Crippen LogP contribution in [0.4, 0.5) is 0 Å². The number of pyridine rings is 1. The van der Waals surface area contributed by atoms with Crippen LogP contribution in [0.25, 0.3) is 10.9 Å². The zero-order valence-electron chi connectivity index (χ0n) is 28.8. The van der Waals surface area contributed by atoms with Crippen molar-refractivity contribution in [2.24, 2.45) is 0 Å². The number of unbranched alkanes of at least 4 members (excludes halogenated alkanes) is 3. The van der Waals surface area contributed by atoms with Crippen LogP contribution in [0.1, 0.15) is 92.8 Å². The standard InChI is InChI=1S/C41H56N3O2/c1-5-6-7-8-9-10-11-12-13-14-15-16-17-18-19-20-21-41(45)46-33-44(4)29-27-40-38(32-44)37-30-34(2)22-25-39(37)43(40)28-26-36-24-23-35(3)42-31-36/h8-9,11-12,14-15,17-18,22-25,30-31H,5-7,10,13,16,19-21,26-29,32-33H2,1-4H3/q+1/b9-8-,12-11-,15-14-,18-17-. The molecule has 5 heteroatoms. The minimum absolute atomic E-state index is 0.0876. The monoisotopic (exact) mass is 622 g/mol. The van der Waals surface area contributed by atoms with Crippen LogP contribution in [-0.2, 0) is 35.5 Å². The molecule has 0 amide bonds. The quantitative estimate of drug-likeness (QED) is 0.0614. The molecule has 0 spiro atoms. The van der Waals surface area contributed by atoms with Gasteiger partial charge in [-0.25, -0.2) is 0 Å². The second-order valence-electron chi connectivity index (χ2n) is 13.2. The number of fused-ring (bicyclic) bond motifs is 3. The van der Waals surface area contributed by atoms with Crippen molar-refractivity contribution < 1.29 is 14.0 Å². The fourth-order valence-corrected chi connectivity index (χ4v) is 6.18. The third-order valence-electron chi connectivity index (χ3n) is 8.96. The van der Waals surface area contributed by atoms with Crippen molar-refractivity contribution in [2.45, 2.75) is 104 Å². The van der Waals surface area contributed by atoms with E-state index in [9.17, 15) is 4.79 Å². The summed E-state index contributed by atoms with van der Waals surface area (Å²) in [5.41, 5.74) is 7.76. The number of rotatable bonds is 18. The van der Waals surface area contributed by atoms with E-state index >= 15 is 0 Å². The van der Waals surface area contributed by atoms with Crippen LogP contribution in [0.15, 0.2) is 85.1 Å². The average Bonchev–Trinajstić information content (AvgIpc) is 3.34. The minimum atomic E-state index is -0.0876. The molecule has 0 saturated carbocycles. The van der Waals surface area contributed by atoms with Crippen LogP contribution in [0.5, 0.6) is 0 Å². The van der Waals surface area contributed by atoms with Crippen molar-refractivity contribution in [3.05, 3.63) is 113 Å². The van der Waals surface area contributed by atoms with Crippen molar-refractivity contribution in [3.8, 4) is 0 Å². The van der Waals surface area contributed by atoms with Gasteiger partial charge in [-0.05, 0) is 82.6 Å². The Hall–Kier alpha value is -3.70. The number of aromatic nitrogens is 2. The minimum Gasteiger partial charge on any atom is -0.415 e. The van der Waals surface area contributed by atoms with E-state index in [1.165, 1.54) is 52.5 Å². The Balaban J connectivity index is 1.18. The van der Waals surface area contributed by atoms with E-state index in [1.54, 1.807) is 0 Å². The number of likely N-dealkylation sites (N-methyl/N-ethyl adjacent to an activating group) is 1. The summed E-state index contributed by atoms with van der Waals surface area (Å²) in [6, 6.07) is 11.1. The summed E-state index contributed by atoms with van der Waals surface area (Å²) >= 11 is 0. The van der Waals surface area contributed by atoms with Crippen LogP contribution in [0.2, 0.25) is 0 Å². The fourth-order valence-electron chi connectivity index (χ4n) is 6.18. The van der Waals surface area contributed by atoms with Gasteiger partial charge in [0.05, 0.1) is 13.6 Å². The predicted molar refractivity (Wildman–Crippen MR) is 193 cm³/mol. The summed E-state index contributed by atoms with van der Waals surface area (Å²) in [7, 11) is 2.23. The van der Waals surface area contributed by atoms with Gasteiger partial charge in [0.15, 0.2) is 0 Å². The number of benzene rings is 1. The Morgan fingerprint density at radius 1 is 0.935 bits per heavy atom. The van der Waals surface area contributed by atoms with Crippen molar-refractivity contribution in [2.75, 3.05) is 20.3 Å². The number of allylic oxidation sites excluding steroid dienone is 8. The maximum Gasteiger partial charge on any atom is 0.310 e. The highest BCUT2D eigenvalue weighted by Crippen LogP contribution is 2.34. The zero-order chi connectivity index (χ0) is 32.6. The first-order chi connectivity index (χ1) is 22.4. The molecule has 46 heavy (non-hydrogen) atoms. The number of quaternary nitrogens is 1. The van der Waals surface area contributed by atoms with Gasteiger partial charge in [-0.1, -0.05) is 86.1 Å². The summed E-state index contributed by atoms with van der Waals surface area (Å²) in [6.07, 6.45) is 30.6. The largest absolute Gasteiger partial charge is 0.415 e. The van der Waals surface area contributed by atoms with Gasteiger partial charge in [0.25, 0.3) is 0 Å². The lowest BCUT2D eigenvalue weighted by atomic mass is 10.0. The van der Waals surface area contributed by atoms with E-state index < -0.39 is 0 Å². The maximum atomic E-state index is 12.6. The third-order valence-corrected chi connectivity index (χ3v) is 8.96. The third kappa shape index (κ3) is 11.0. The first kappa shape index (κ1) is 35.2. The van der Waals surface area contributed by atoms with Gasteiger partial charge in [-0.2, -0.15) is 0 Å². The van der Waals surface area contributed by atoms with E-state index in [0.717, 1.165) is 74.8 Å². The maximum absolute atomic E-state index is 12.6. The Morgan fingerprint density at radius 3 is 2.30 bits per heavy atom. The number of esters is 1. The number of hydrogen-bond acceptors (Lipinski definition) is 3. The zero-order valence-corrected chi connectivity index (χ0v) is 28.8. The van der Waals surface area contributed by atoms with Crippen molar-refractivity contribution in [1.82, 2.24) is 9.55 Å². The van der Waals surface area contributed by atoms with Gasteiger partial charge in [0, 0.05) is 53.4 Å². The number of hydrogen-bond donors (Lipinski definition) is 0. The molecule has 5 nitrogen and oxygen atoms in total. The molecule has 2 aromatic heterocycles. The molecule has 4 rings (SSSR count). The van der Waals surface area contributed by atoms with Gasteiger partial charge in [-0.3, -0.25) is 14.3 Å². The molecule has 3 heterocycles. The lowest BCUT2D eigenvalue weighted by molar-refractivity contribution is -0.940. The van der Waals surface area contributed by atoms with Crippen LogP contribution in [-0.4, -0.2) is 40.3 Å². The van der Waals surface area contributed by atoms with Crippen LogP contribution in [0.3, 0.4) is 0 Å². The Kier molecular flexibility index (Phi) is 14.1. The second kappa shape index (κ2) is 18.4. The molecule has 246 valence electrons. The summed E-state index contributed by atoms with van der Waals surface area (Å²) < 4.78 is 9.10. The number of carbonyl (C=O) groups is 1. The number of aryl methyl sites for hydroxylation is 4. The molecule has 3 aromatic rings. The number of ether oxygens (including phenoxy) is 1. The molecule has 0 radical (unpaired) electrons. The summed E-state index contributed by atoms with van der Waals surface area (Å²) in [4.78, 5) is 17.1. The second-order valence-corrected chi connectivity index (χ2v) is 13.2. The van der Waals surface area contributed by atoms with Gasteiger partial charge in [-0.15, -0.1) is 0 Å². The van der Waals surface area contributed by atoms with Gasteiger partial charge in [0.1, 0.15) is 6.54 Å². The molecular formula is C41H56N3O2+. The van der Waals surface area contributed by atoms with E-state index in [-0.39, 0.29) is 5.97 Å². The molecule has 0 aliphatic carbocycles. The van der Waals surface area contributed by atoms with Gasteiger partial charge in [0.2, 0.25) is 6.73 Å². The highest BCUT2D eigenvalue weighted by molar-refractivity contribution is 5.86. The van der Waals surface area contributed by atoms with E-state index in [2.05, 4.69) is 109 Å². The molecule has 0 bridgehead atoms. The SMILES string of the molecule is CCCC/C=C\C/C=C\C/C=C\C/C=C\CCCC(=O)OC[N+]1(C)CCc2c(c3cc(C)ccc3n2CCc2ccc(C)nc2)C1. The van der Waals surface area contributed by atoms with E-state index in [1.807, 2.05) is 13.1 Å². The topological polar surface area (TPSA) is 44.1 Å². The van der Waals surface area contributed by atoms with Gasteiger partial charge >= 0.3 is 5.97 Å². The summed E-state index contributed by atoms with van der Waals surface area (Å²) in [6.45, 7) is 9.64. The predicted octanol–water partition coefficient (Wildman–Crippen LogP) is 9.65. The summed E-state index contributed by atoms with van der Waals surface area (Å²) in [5, 5.41) is 1.34.